The molecule has 4 unspecified atom stereocenters. The molecule has 0 radical (unpaired) electrons. The van der Waals surface area contributed by atoms with Crippen LogP contribution in [0.1, 0.15) is 37.1 Å². The standard InChI is InChI=1S/C16H26BrN3S/c1-11(18)16(14-5-6-15(17)21-14)20-9-7-13-12(10-20)4-3-8-19(13)2/h5-6,11-13,16H,3-4,7-10,18H2,1-2H3. The third-order valence-electron chi connectivity index (χ3n) is 5.15. The summed E-state index contributed by atoms with van der Waals surface area (Å²) in [4.78, 5) is 6.62. The second-order valence-electron chi connectivity index (χ2n) is 6.68. The van der Waals surface area contributed by atoms with Crippen LogP contribution >= 0.6 is 27.3 Å². The molecule has 0 aliphatic carbocycles. The van der Waals surface area contributed by atoms with E-state index in [-0.39, 0.29) is 6.04 Å². The van der Waals surface area contributed by atoms with Crippen LogP contribution in [0.3, 0.4) is 0 Å². The summed E-state index contributed by atoms with van der Waals surface area (Å²) in [6.45, 7) is 5.80. The Bertz CT molecular complexity index is 476. The lowest BCUT2D eigenvalue weighted by atomic mass is 9.83. The molecule has 1 aromatic rings. The number of nitrogens with two attached hydrogens (primary N) is 1. The summed E-state index contributed by atoms with van der Waals surface area (Å²) in [5, 5.41) is 0. The van der Waals surface area contributed by atoms with Crippen LogP contribution in [0, 0.1) is 5.92 Å². The number of hydrogen-bond acceptors (Lipinski definition) is 4. The number of thiophene rings is 1. The molecule has 2 fully saturated rings. The molecule has 0 aromatic carbocycles. The van der Waals surface area contributed by atoms with Crippen molar-refractivity contribution >= 4 is 27.3 Å². The monoisotopic (exact) mass is 371 g/mol. The Morgan fingerprint density at radius 3 is 2.81 bits per heavy atom. The summed E-state index contributed by atoms with van der Waals surface area (Å²) >= 11 is 5.42. The molecule has 5 heteroatoms. The molecule has 118 valence electrons. The molecule has 0 amide bonds. The number of hydrogen-bond donors (Lipinski definition) is 1. The molecule has 2 saturated heterocycles. The highest BCUT2D eigenvalue weighted by atomic mass is 79.9. The first-order valence-corrected chi connectivity index (χ1v) is 9.62. The van der Waals surface area contributed by atoms with Gasteiger partial charge in [-0.15, -0.1) is 11.3 Å². The first kappa shape index (κ1) is 15.9. The number of rotatable bonds is 3. The Balaban J connectivity index is 1.75. The van der Waals surface area contributed by atoms with Gasteiger partial charge in [0.05, 0.1) is 9.83 Å². The fraction of sp³-hybridized carbons (Fsp3) is 0.750. The lowest BCUT2D eigenvalue weighted by Gasteiger charge is -2.48. The average Bonchev–Trinajstić information content (AvgIpc) is 2.85. The highest BCUT2D eigenvalue weighted by Gasteiger charge is 2.37. The van der Waals surface area contributed by atoms with Gasteiger partial charge in [0.2, 0.25) is 0 Å². The topological polar surface area (TPSA) is 32.5 Å². The van der Waals surface area contributed by atoms with Crippen LogP contribution in [0.5, 0.6) is 0 Å². The normalized spacial score (nSPS) is 30.9. The molecule has 3 nitrogen and oxygen atoms in total. The fourth-order valence-corrected chi connectivity index (χ4v) is 5.87. The average molecular weight is 372 g/mol. The number of piperidine rings is 2. The molecule has 3 heterocycles. The molecule has 3 rings (SSSR count). The molecule has 2 aliphatic heterocycles. The van der Waals surface area contributed by atoms with Gasteiger partial charge in [-0.3, -0.25) is 4.90 Å². The number of halogens is 1. The molecular formula is C16H26BrN3S. The Morgan fingerprint density at radius 2 is 2.14 bits per heavy atom. The van der Waals surface area contributed by atoms with Crippen molar-refractivity contribution in [2.75, 3.05) is 26.7 Å². The van der Waals surface area contributed by atoms with E-state index in [1.807, 2.05) is 11.3 Å². The van der Waals surface area contributed by atoms with Gasteiger partial charge in [-0.25, -0.2) is 0 Å². The molecule has 21 heavy (non-hydrogen) atoms. The van der Waals surface area contributed by atoms with Crippen LogP contribution in [-0.2, 0) is 0 Å². The van der Waals surface area contributed by atoms with Gasteiger partial charge in [0.1, 0.15) is 0 Å². The summed E-state index contributed by atoms with van der Waals surface area (Å²) in [7, 11) is 2.30. The predicted molar refractivity (Wildman–Crippen MR) is 93.7 cm³/mol. The third-order valence-corrected chi connectivity index (χ3v) is 6.85. The van der Waals surface area contributed by atoms with Crippen molar-refractivity contribution in [3.63, 3.8) is 0 Å². The van der Waals surface area contributed by atoms with Crippen molar-refractivity contribution < 1.29 is 0 Å². The second kappa shape index (κ2) is 6.67. The summed E-state index contributed by atoms with van der Waals surface area (Å²) < 4.78 is 1.20. The van der Waals surface area contributed by atoms with Gasteiger partial charge < -0.3 is 10.6 Å². The van der Waals surface area contributed by atoms with E-state index < -0.39 is 0 Å². The minimum absolute atomic E-state index is 0.174. The van der Waals surface area contributed by atoms with E-state index in [1.165, 1.54) is 47.6 Å². The smallest absolute Gasteiger partial charge is 0.0702 e. The Kier molecular flexibility index (Phi) is 5.06. The lowest BCUT2D eigenvalue weighted by Crippen LogP contribution is -2.54. The van der Waals surface area contributed by atoms with Crippen molar-refractivity contribution in [3.8, 4) is 0 Å². The van der Waals surface area contributed by atoms with Crippen LogP contribution in [0.2, 0.25) is 0 Å². The van der Waals surface area contributed by atoms with Crippen molar-refractivity contribution in [1.29, 1.82) is 0 Å². The molecule has 2 N–H and O–H groups in total. The van der Waals surface area contributed by atoms with Gasteiger partial charge in [-0.1, -0.05) is 0 Å². The third kappa shape index (κ3) is 3.37. The fourth-order valence-electron chi connectivity index (χ4n) is 4.19. The van der Waals surface area contributed by atoms with Gasteiger partial charge in [-0.2, -0.15) is 0 Å². The summed E-state index contributed by atoms with van der Waals surface area (Å²) in [6, 6.07) is 5.72. The van der Waals surface area contributed by atoms with Crippen molar-refractivity contribution in [2.45, 2.75) is 44.3 Å². The number of fused-ring (bicyclic) bond motifs is 1. The summed E-state index contributed by atoms with van der Waals surface area (Å²) in [6.07, 6.45) is 4.02. The molecule has 0 bridgehead atoms. The zero-order chi connectivity index (χ0) is 15.0. The minimum atomic E-state index is 0.174. The molecule has 0 saturated carbocycles. The van der Waals surface area contributed by atoms with Crippen LogP contribution in [0.4, 0.5) is 0 Å². The van der Waals surface area contributed by atoms with Crippen LogP contribution in [-0.4, -0.2) is 48.6 Å². The largest absolute Gasteiger partial charge is 0.326 e. The Labute approximate surface area is 140 Å². The van der Waals surface area contributed by atoms with Crippen molar-refractivity contribution in [3.05, 3.63) is 20.8 Å². The summed E-state index contributed by atoms with van der Waals surface area (Å²) in [5.41, 5.74) is 6.34. The zero-order valence-electron chi connectivity index (χ0n) is 13.0. The zero-order valence-corrected chi connectivity index (χ0v) is 15.4. The van der Waals surface area contributed by atoms with E-state index in [0.29, 0.717) is 6.04 Å². The van der Waals surface area contributed by atoms with E-state index >= 15 is 0 Å². The SMILES string of the molecule is CC(N)C(c1ccc(Br)s1)N1CCC2C(CCCN2C)C1. The van der Waals surface area contributed by atoms with Crippen LogP contribution in [0.15, 0.2) is 15.9 Å². The van der Waals surface area contributed by atoms with E-state index in [2.05, 4.69) is 51.8 Å². The maximum Gasteiger partial charge on any atom is 0.0702 e. The van der Waals surface area contributed by atoms with E-state index in [0.717, 1.165) is 12.0 Å². The van der Waals surface area contributed by atoms with Crippen LogP contribution in [0.25, 0.3) is 0 Å². The first-order chi connectivity index (χ1) is 10.1. The van der Waals surface area contributed by atoms with Crippen molar-refractivity contribution in [1.82, 2.24) is 9.80 Å². The Hall–Kier alpha value is 0.0600. The van der Waals surface area contributed by atoms with E-state index in [4.69, 9.17) is 5.73 Å². The van der Waals surface area contributed by atoms with Gasteiger partial charge in [-0.05, 0) is 73.8 Å². The van der Waals surface area contributed by atoms with E-state index in [9.17, 15) is 0 Å². The predicted octanol–water partition coefficient (Wildman–Crippen LogP) is 3.32. The maximum absolute atomic E-state index is 6.34. The van der Waals surface area contributed by atoms with Crippen LogP contribution < -0.4 is 5.73 Å². The second-order valence-corrected chi connectivity index (χ2v) is 9.17. The van der Waals surface area contributed by atoms with Gasteiger partial charge in [0.25, 0.3) is 0 Å². The lowest BCUT2D eigenvalue weighted by molar-refractivity contribution is 0.0161. The molecule has 0 spiro atoms. The van der Waals surface area contributed by atoms with Gasteiger partial charge >= 0.3 is 0 Å². The van der Waals surface area contributed by atoms with Gasteiger partial charge in [0.15, 0.2) is 0 Å². The molecule has 2 aliphatic rings. The number of likely N-dealkylation sites (tertiary alicyclic amines) is 2. The maximum atomic E-state index is 6.34. The Morgan fingerprint density at radius 1 is 1.33 bits per heavy atom. The first-order valence-electron chi connectivity index (χ1n) is 8.01. The number of nitrogens with zero attached hydrogens (tertiary/aromatic N) is 2. The highest BCUT2D eigenvalue weighted by Crippen LogP contribution is 2.37. The molecule has 4 atom stereocenters. The van der Waals surface area contributed by atoms with E-state index in [1.54, 1.807) is 0 Å². The van der Waals surface area contributed by atoms with Gasteiger partial charge in [0, 0.05) is 30.1 Å². The summed E-state index contributed by atoms with van der Waals surface area (Å²) in [5.74, 6) is 0.821. The molecule has 1 aromatic heterocycles. The molecular weight excluding hydrogens is 346 g/mol. The van der Waals surface area contributed by atoms with Crippen molar-refractivity contribution in [2.24, 2.45) is 11.7 Å². The highest BCUT2D eigenvalue weighted by molar-refractivity contribution is 9.11. The minimum Gasteiger partial charge on any atom is -0.326 e. The quantitative estimate of drug-likeness (QED) is 0.884.